The summed E-state index contributed by atoms with van der Waals surface area (Å²) in [5.74, 6) is 0.262. The summed E-state index contributed by atoms with van der Waals surface area (Å²) < 4.78 is 29.4. The predicted octanol–water partition coefficient (Wildman–Crippen LogP) is 1.13. The van der Waals surface area contributed by atoms with Crippen LogP contribution in [0.2, 0.25) is 0 Å². The summed E-state index contributed by atoms with van der Waals surface area (Å²) in [7, 11) is -3.26. The van der Waals surface area contributed by atoms with Gasteiger partial charge in [-0.15, -0.1) is 0 Å². The van der Waals surface area contributed by atoms with Gasteiger partial charge in [-0.1, -0.05) is 12.1 Å². The van der Waals surface area contributed by atoms with E-state index in [4.69, 9.17) is 4.52 Å². The molecule has 1 N–H and O–H groups in total. The molecule has 0 aliphatic heterocycles. The number of hydrogen-bond acceptors (Lipinski definition) is 4. The highest BCUT2D eigenvalue weighted by Crippen LogP contribution is 2.10. The Bertz CT molecular complexity index is 369. The van der Waals surface area contributed by atoms with Gasteiger partial charge in [0.2, 0.25) is 15.9 Å². The summed E-state index contributed by atoms with van der Waals surface area (Å²) in [6, 6.07) is 1.53. The van der Waals surface area contributed by atoms with Gasteiger partial charge in [-0.05, 0) is 13.3 Å². The molecule has 0 amide bonds. The van der Waals surface area contributed by atoms with Gasteiger partial charge in [0.15, 0.2) is 0 Å². The van der Waals surface area contributed by atoms with E-state index >= 15 is 0 Å². The Balaban J connectivity index is 2.69. The standard InChI is InChI=1S/C7H12N2O3S/c1-3-4-13(10,11)9-7-5-6(2)8-12-7/h5,9H,3-4H2,1-2H3. The first kappa shape index (κ1) is 10.0. The van der Waals surface area contributed by atoms with Crippen molar-refractivity contribution in [1.29, 1.82) is 0 Å². The van der Waals surface area contributed by atoms with Crippen LogP contribution in [0.15, 0.2) is 10.6 Å². The summed E-state index contributed by atoms with van der Waals surface area (Å²) in [4.78, 5) is 0. The van der Waals surface area contributed by atoms with Crippen LogP contribution in [-0.2, 0) is 10.0 Å². The number of hydrogen-bond donors (Lipinski definition) is 1. The molecule has 1 heterocycles. The Labute approximate surface area is 77.2 Å². The van der Waals surface area contributed by atoms with Crippen LogP contribution in [-0.4, -0.2) is 19.3 Å². The van der Waals surface area contributed by atoms with Gasteiger partial charge in [0, 0.05) is 6.07 Å². The first-order valence-electron chi connectivity index (χ1n) is 3.97. The van der Waals surface area contributed by atoms with Crippen molar-refractivity contribution in [2.45, 2.75) is 20.3 Å². The molecule has 0 aliphatic carbocycles. The third-order valence-corrected chi connectivity index (χ3v) is 2.81. The number of anilines is 1. The SMILES string of the molecule is CCCS(=O)(=O)Nc1cc(C)no1. The van der Waals surface area contributed by atoms with Gasteiger partial charge in [0.25, 0.3) is 0 Å². The Morgan fingerprint density at radius 3 is 2.77 bits per heavy atom. The minimum atomic E-state index is -3.26. The summed E-state index contributed by atoms with van der Waals surface area (Å²) in [5.41, 5.74) is 0.647. The van der Waals surface area contributed by atoms with E-state index in [0.29, 0.717) is 12.1 Å². The fourth-order valence-corrected chi connectivity index (χ4v) is 1.93. The van der Waals surface area contributed by atoms with Crippen LogP contribution >= 0.6 is 0 Å². The van der Waals surface area contributed by atoms with Crippen molar-refractivity contribution in [3.05, 3.63) is 11.8 Å². The zero-order valence-electron chi connectivity index (χ0n) is 7.57. The van der Waals surface area contributed by atoms with Crippen LogP contribution in [0.25, 0.3) is 0 Å². The van der Waals surface area contributed by atoms with E-state index in [-0.39, 0.29) is 11.6 Å². The molecule has 0 fully saturated rings. The highest BCUT2D eigenvalue weighted by atomic mass is 32.2. The van der Waals surface area contributed by atoms with Gasteiger partial charge >= 0.3 is 0 Å². The number of nitrogens with zero attached hydrogens (tertiary/aromatic N) is 1. The summed E-state index contributed by atoms with van der Waals surface area (Å²) in [5, 5.41) is 3.56. The Morgan fingerprint density at radius 2 is 2.31 bits per heavy atom. The molecular formula is C7H12N2O3S. The Hall–Kier alpha value is -1.04. The van der Waals surface area contributed by atoms with Gasteiger partial charge in [0.05, 0.1) is 11.4 Å². The second-order valence-electron chi connectivity index (χ2n) is 2.75. The van der Waals surface area contributed by atoms with Crippen molar-refractivity contribution in [3.8, 4) is 0 Å². The van der Waals surface area contributed by atoms with E-state index < -0.39 is 10.0 Å². The van der Waals surface area contributed by atoms with Crippen molar-refractivity contribution in [3.63, 3.8) is 0 Å². The van der Waals surface area contributed by atoms with E-state index in [2.05, 4.69) is 9.88 Å². The van der Waals surface area contributed by atoms with E-state index in [1.165, 1.54) is 6.07 Å². The maximum atomic E-state index is 11.2. The molecule has 0 saturated heterocycles. The molecule has 0 atom stereocenters. The molecule has 6 heteroatoms. The van der Waals surface area contributed by atoms with Crippen molar-refractivity contribution >= 4 is 15.9 Å². The molecule has 0 aromatic carbocycles. The molecule has 0 saturated carbocycles. The van der Waals surface area contributed by atoms with Crippen LogP contribution < -0.4 is 4.72 Å². The van der Waals surface area contributed by atoms with Crippen LogP contribution in [0.3, 0.4) is 0 Å². The molecule has 1 rings (SSSR count). The number of rotatable bonds is 4. The molecule has 0 aliphatic rings. The van der Waals surface area contributed by atoms with E-state index in [1.54, 1.807) is 13.8 Å². The minimum Gasteiger partial charge on any atom is -0.338 e. The van der Waals surface area contributed by atoms with Crippen LogP contribution in [0.1, 0.15) is 19.0 Å². The first-order chi connectivity index (χ1) is 6.03. The molecule has 1 aromatic heterocycles. The lowest BCUT2D eigenvalue weighted by atomic mass is 10.5. The second-order valence-corrected chi connectivity index (χ2v) is 4.60. The third-order valence-electron chi connectivity index (χ3n) is 1.36. The average Bonchev–Trinajstić information content (AvgIpc) is 2.34. The monoisotopic (exact) mass is 204 g/mol. The highest BCUT2D eigenvalue weighted by Gasteiger charge is 2.11. The van der Waals surface area contributed by atoms with Crippen LogP contribution in [0.4, 0.5) is 5.88 Å². The second kappa shape index (κ2) is 3.78. The van der Waals surface area contributed by atoms with Crippen LogP contribution in [0, 0.1) is 6.92 Å². The molecule has 13 heavy (non-hydrogen) atoms. The van der Waals surface area contributed by atoms with Gasteiger partial charge in [-0.25, -0.2) is 8.42 Å². The topological polar surface area (TPSA) is 72.2 Å². The highest BCUT2D eigenvalue weighted by molar-refractivity contribution is 7.92. The summed E-state index contributed by atoms with van der Waals surface area (Å²) in [6.45, 7) is 3.52. The minimum absolute atomic E-state index is 0.0900. The fraction of sp³-hybridized carbons (Fsp3) is 0.571. The Kier molecular flexibility index (Phi) is 2.92. The molecule has 5 nitrogen and oxygen atoms in total. The lowest BCUT2D eigenvalue weighted by Gasteiger charge is -2.00. The number of aromatic nitrogens is 1. The van der Waals surface area contributed by atoms with Gasteiger partial charge < -0.3 is 4.52 Å². The fourth-order valence-electron chi connectivity index (χ4n) is 0.885. The lowest BCUT2D eigenvalue weighted by molar-refractivity contribution is 0.430. The number of aryl methyl sites for hydroxylation is 1. The zero-order chi connectivity index (χ0) is 9.90. The molecule has 0 bridgehead atoms. The number of nitrogens with one attached hydrogen (secondary N) is 1. The molecule has 0 unspecified atom stereocenters. The average molecular weight is 204 g/mol. The molecule has 74 valence electrons. The van der Waals surface area contributed by atoms with Crippen molar-refractivity contribution < 1.29 is 12.9 Å². The summed E-state index contributed by atoms with van der Waals surface area (Å²) in [6.07, 6.45) is 0.572. The molecule has 0 radical (unpaired) electrons. The van der Waals surface area contributed by atoms with Gasteiger partial charge in [0.1, 0.15) is 0 Å². The van der Waals surface area contributed by atoms with E-state index in [0.717, 1.165) is 0 Å². The lowest BCUT2D eigenvalue weighted by Crippen LogP contribution is -2.15. The van der Waals surface area contributed by atoms with Gasteiger partial charge in [-0.3, -0.25) is 4.72 Å². The zero-order valence-corrected chi connectivity index (χ0v) is 8.39. The maximum Gasteiger partial charge on any atom is 0.238 e. The smallest absolute Gasteiger partial charge is 0.238 e. The maximum absolute atomic E-state index is 11.2. The van der Waals surface area contributed by atoms with E-state index in [1.807, 2.05) is 0 Å². The predicted molar refractivity (Wildman–Crippen MR) is 48.9 cm³/mol. The van der Waals surface area contributed by atoms with Crippen molar-refractivity contribution in [1.82, 2.24) is 5.16 Å². The largest absolute Gasteiger partial charge is 0.338 e. The van der Waals surface area contributed by atoms with Crippen LogP contribution in [0.5, 0.6) is 0 Å². The molecular weight excluding hydrogens is 192 g/mol. The number of sulfonamides is 1. The first-order valence-corrected chi connectivity index (χ1v) is 5.62. The summed E-state index contributed by atoms with van der Waals surface area (Å²) >= 11 is 0. The van der Waals surface area contributed by atoms with E-state index in [9.17, 15) is 8.42 Å². The quantitative estimate of drug-likeness (QED) is 0.798. The normalized spacial score (nSPS) is 11.5. The third kappa shape index (κ3) is 3.06. The van der Waals surface area contributed by atoms with Crippen molar-refractivity contribution in [2.24, 2.45) is 0 Å². The molecule has 1 aromatic rings. The van der Waals surface area contributed by atoms with Crippen molar-refractivity contribution in [2.75, 3.05) is 10.5 Å². The molecule has 0 spiro atoms. The Morgan fingerprint density at radius 1 is 1.62 bits per heavy atom. The van der Waals surface area contributed by atoms with Gasteiger partial charge in [-0.2, -0.15) is 0 Å².